The summed E-state index contributed by atoms with van der Waals surface area (Å²) in [5.74, 6) is -1.67. The van der Waals surface area contributed by atoms with Crippen LogP contribution in [-0.4, -0.2) is 35.1 Å². The number of nitrogens with two attached hydrogens (primary N) is 1. The largest absolute Gasteiger partial charge is 0.481 e. The van der Waals surface area contributed by atoms with Crippen molar-refractivity contribution in [1.29, 1.82) is 0 Å². The predicted molar refractivity (Wildman–Crippen MR) is 65.3 cm³/mol. The molecule has 18 heavy (non-hydrogen) atoms. The van der Waals surface area contributed by atoms with Gasteiger partial charge < -0.3 is 15.7 Å². The zero-order chi connectivity index (χ0) is 13.3. The molecule has 1 amide bonds. The number of pyridine rings is 1. The molecule has 0 aromatic carbocycles. The van der Waals surface area contributed by atoms with Gasteiger partial charge in [-0.05, 0) is 18.1 Å². The van der Waals surface area contributed by atoms with E-state index < -0.39 is 11.9 Å². The minimum atomic E-state index is -0.783. The molecule has 3 N–H and O–H groups in total. The van der Waals surface area contributed by atoms with Crippen molar-refractivity contribution in [2.45, 2.75) is 6.92 Å². The van der Waals surface area contributed by atoms with Crippen LogP contribution in [0.5, 0.6) is 0 Å². The van der Waals surface area contributed by atoms with Gasteiger partial charge in [0.25, 0.3) is 5.91 Å². The Kier molecular flexibility index (Phi) is 3.18. The van der Waals surface area contributed by atoms with Crippen LogP contribution < -0.4 is 10.6 Å². The van der Waals surface area contributed by atoms with E-state index >= 15 is 0 Å². The third-order valence-electron chi connectivity index (χ3n) is 3.29. The Balaban J connectivity index is 2.21. The van der Waals surface area contributed by atoms with Gasteiger partial charge in [-0.25, -0.2) is 0 Å². The van der Waals surface area contributed by atoms with Crippen molar-refractivity contribution >= 4 is 17.6 Å². The lowest BCUT2D eigenvalue weighted by atomic mass is 9.99. The first-order valence-corrected chi connectivity index (χ1v) is 5.72. The monoisotopic (exact) mass is 249 g/mol. The van der Waals surface area contributed by atoms with Crippen LogP contribution in [0.25, 0.3) is 0 Å². The topological polar surface area (TPSA) is 96.5 Å². The highest BCUT2D eigenvalue weighted by Gasteiger charge is 2.34. The lowest BCUT2D eigenvalue weighted by Crippen LogP contribution is -2.23. The van der Waals surface area contributed by atoms with Crippen LogP contribution in [0.15, 0.2) is 18.3 Å². The van der Waals surface area contributed by atoms with Gasteiger partial charge in [-0.1, -0.05) is 6.92 Å². The van der Waals surface area contributed by atoms with Crippen molar-refractivity contribution in [2.75, 3.05) is 18.0 Å². The molecule has 0 aliphatic carbocycles. The minimum Gasteiger partial charge on any atom is -0.481 e. The molecule has 1 aromatic heterocycles. The summed E-state index contributed by atoms with van der Waals surface area (Å²) >= 11 is 0. The van der Waals surface area contributed by atoms with Crippen LogP contribution in [0.1, 0.15) is 17.4 Å². The third-order valence-corrected chi connectivity index (χ3v) is 3.29. The van der Waals surface area contributed by atoms with E-state index in [-0.39, 0.29) is 17.5 Å². The molecule has 0 radical (unpaired) electrons. The second-order valence-corrected chi connectivity index (χ2v) is 4.59. The molecule has 1 aromatic rings. The Bertz CT molecular complexity index is 489. The van der Waals surface area contributed by atoms with Crippen LogP contribution in [0, 0.1) is 11.8 Å². The molecule has 2 unspecified atom stereocenters. The molecular formula is C12H15N3O3. The molecule has 0 bridgehead atoms. The Labute approximate surface area is 104 Å². The van der Waals surface area contributed by atoms with E-state index in [1.165, 1.54) is 6.20 Å². The molecule has 1 aliphatic rings. The number of primary amides is 1. The summed E-state index contributed by atoms with van der Waals surface area (Å²) in [5.41, 5.74) is 6.15. The fourth-order valence-electron chi connectivity index (χ4n) is 2.25. The summed E-state index contributed by atoms with van der Waals surface area (Å²) in [6, 6.07) is 3.35. The van der Waals surface area contributed by atoms with Crippen LogP contribution in [0.3, 0.4) is 0 Å². The molecule has 0 saturated carbocycles. The summed E-state index contributed by atoms with van der Waals surface area (Å²) < 4.78 is 0. The van der Waals surface area contributed by atoms with E-state index in [1.54, 1.807) is 12.1 Å². The van der Waals surface area contributed by atoms with E-state index in [2.05, 4.69) is 4.98 Å². The summed E-state index contributed by atoms with van der Waals surface area (Å²) in [7, 11) is 0. The normalized spacial score (nSPS) is 23.1. The molecule has 1 saturated heterocycles. The zero-order valence-corrected chi connectivity index (χ0v) is 10.0. The number of nitrogens with zero attached hydrogens (tertiary/aromatic N) is 2. The number of rotatable bonds is 3. The van der Waals surface area contributed by atoms with Gasteiger partial charge in [-0.15, -0.1) is 0 Å². The van der Waals surface area contributed by atoms with Crippen LogP contribution in [0.4, 0.5) is 5.69 Å². The lowest BCUT2D eigenvalue weighted by molar-refractivity contribution is -0.142. The molecule has 1 fully saturated rings. The van der Waals surface area contributed by atoms with Gasteiger partial charge >= 0.3 is 5.97 Å². The Morgan fingerprint density at radius 3 is 2.78 bits per heavy atom. The van der Waals surface area contributed by atoms with Gasteiger partial charge in [0.15, 0.2) is 0 Å². The fraction of sp³-hybridized carbons (Fsp3) is 0.417. The maximum Gasteiger partial charge on any atom is 0.308 e. The fourth-order valence-corrected chi connectivity index (χ4v) is 2.25. The van der Waals surface area contributed by atoms with Crippen molar-refractivity contribution in [1.82, 2.24) is 4.98 Å². The summed E-state index contributed by atoms with van der Waals surface area (Å²) in [6.45, 7) is 3.01. The molecule has 1 aliphatic heterocycles. The third kappa shape index (κ3) is 2.27. The van der Waals surface area contributed by atoms with Gasteiger partial charge in [-0.2, -0.15) is 0 Å². The average Bonchev–Trinajstić information content (AvgIpc) is 2.71. The van der Waals surface area contributed by atoms with Crippen molar-refractivity contribution in [3.8, 4) is 0 Å². The highest BCUT2D eigenvalue weighted by molar-refractivity contribution is 5.91. The van der Waals surface area contributed by atoms with Crippen LogP contribution in [0.2, 0.25) is 0 Å². The van der Waals surface area contributed by atoms with Crippen molar-refractivity contribution < 1.29 is 14.7 Å². The molecular weight excluding hydrogens is 234 g/mol. The average molecular weight is 249 g/mol. The van der Waals surface area contributed by atoms with Gasteiger partial charge in [-0.3, -0.25) is 14.6 Å². The second-order valence-electron chi connectivity index (χ2n) is 4.59. The number of carboxylic acids is 1. The zero-order valence-electron chi connectivity index (χ0n) is 10.0. The SMILES string of the molecule is CC1CN(c2ccnc(C(N)=O)c2)CC1C(=O)O. The Morgan fingerprint density at radius 1 is 1.50 bits per heavy atom. The van der Waals surface area contributed by atoms with Gasteiger partial charge in [0.2, 0.25) is 0 Å². The van der Waals surface area contributed by atoms with Crippen LogP contribution in [-0.2, 0) is 4.79 Å². The first-order chi connectivity index (χ1) is 8.49. The molecule has 2 heterocycles. The quantitative estimate of drug-likeness (QED) is 0.805. The molecule has 6 heteroatoms. The summed E-state index contributed by atoms with van der Waals surface area (Å²) in [5, 5.41) is 9.08. The molecule has 0 spiro atoms. The standard InChI is InChI=1S/C12H15N3O3/c1-7-5-15(6-9(7)12(17)18)8-2-3-14-10(4-8)11(13)16/h2-4,7,9H,5-6H2,1H3,(H2,13,16)(H,17,18). The van der Waals surface area contributed by atoms with E-state index in [9.17, 15) is 9.59 Å². The Hall–Kier alpha value is -2.11. The number of anilines is 1. The van der Waals surface area contributed by atoms with Crippen molar-refractivity contribution in [3.05, 3.63) is 24.0 Å². The van der Waals surface area contributed by atoms with E-state index in [0.29, 0.717) is 13.1 Å². The number of carboxylic acid groups (broad SMARTS) is 1. The molecule has 2 rings (SSSR count). The van der Waals surface area contributed by atoms with Gasteiger partial charge in [0, 0.05) is 25.0 Å². The number of hydrogen-bond donors (Lipinski definition) is 2. The second kappa shape index (κ2) is 4.64. The molecule has 2 atom stereocenters. The van der Waals surface area contributed by atoms with Crippen molar-refractivity contribution in [2.24, 2.45) is 17.6 Å². The predicted octanol–water partition coefficient (Wildman–Crippen LogP) is 0.337. The lowest BCUT2D eigenvalue weighted by Gasteiger charge is -2.18. The number of amides is 1. The van der Waals surface area contributed by atoms with E-state index in [4.69, 9.17) is 10.8 Å². The summed E-state index contributed by atoms with van der Waals surface area (Å²) in [6.07, 6.45) is 1.51. The highest BCUT2D eigenvalue weighted by atomic mass is 16.4. The highest BCUT2D eigenvalue weighted by Crippen LogP contribution is 2.28. The number of carbonyl (C=O) groups is 2. The maximum absolute atomic E-state index is 11.1. The van der Waals surface area contributed by atoms with Crippen molar-refractivity contribution in [3.63, 3.8) is 0 Å². The molecule has 6 nitrogen and oxygen atoms in total. The van der Waals surface area contributed by atoms with E-state index in [0.717, 1.165) is 5.69 Å². The van der Waals surface area contributed by atoms with Gasteiger partial charge in [0.1, 0.15) is 5.69 Å². The number of carbonyl (C=O) groups excluding carboxylic acids is 1. The first kappa shape index (κ1) is 12.3. The van der Waals surface area contributed by atoms with Gasteiger partial charge in [0.05, 0.1) is 5.92 Å². The Morgan fingerprint density at radius 2 is 2.22 bits per heavy atom. The molecule has 96 valence electrons. The number of aromatic nitrogens is 1. The van der Waals surface area contributed by atoms with E-state index in [1.807, 2.05) is 11.8 Å². The van der Waals surface area contributed by atoms with Crippen LogP contribution >= 0.6 is 0 Å². The number of aliphatic carboxylic acids is 1. The number of hydrogen-bond acceptors (Lipinski definition) is 4. The maximum atomic E-state index is 11.1. The minimum absolute atomic E-state index is 0.0766. The smallest absolute Gasteiger partial charge is 0.308 e. The first-order valence-electron chi connectivity index (χ1n) is 5.72. The summed E-state index contributed by atoms with van der Waals surface area (Å²) in [4.78, 5) is 27.9.